The van der Waals surface area contributed by atoms with Gasteiger partial charge in [0, 0.05) is 11.0 Å². The number of nitrogens with one attached hydrogen (secondary N) is 1. The summed E-state index contributed by atoms with van der Waals surface area (Å²) in [5.74, 6) is -0.670. The molecule has 1 aliphatic rings. The lowest BCUT2D eigenvalue weighted by Gasteiger charge is -2.37. The van der Waals surface area contributed by atoms with Gasteiger partial charge < -0.3 is 10.2 Å². The molecule has 1 heterocycles. The van der Waals surface area contributed by atoms with Gasteiger partial charge in [0.1, 0.15) is 17.9 Å². The van der Waals surface area contributed by atoms with E-state index in [2.05, 4.69) is 21.2 Å². The average molecular weight is 343 g/mol. The Morgan fingerprint density at radius 2 is 2.05 bits per heavy atom. The zero-order valence-electron chi connectivity index (χ0n) is 11.3. The zero-order chi connectivity index (χ0) is 14.9. The summed E-state index contributed by atoms with van der Waals surface area (Å²) in [5.41, 5.74) is 0.658. The second kappa shape index (κ2) is 5.91. The highest BCUT2D eigenvalue weighted by atomic mass is 79.9. The van der Waals surface area contributed by atoms with E-state index in [0.29, 0.717) is 16.5 Å². The lowest BCUT2D eigenvalue weighted by molar-refractivity contribution is -0.149. The Bertz CT molecular complexity index is 530. The molecular weight excluding hydrogens is 327 g/mol. The Balaban J connectivity index is 2.28. The number of carbonyl (C=O) groups excluding carboxylic acids is 2. The fraction of sp³-hybridized carbons (Fsp3) is 0.429. The SMILES string of the molecule is CCC1C(=O)NC(C)C(=O)N1Cc1cc(F)cc(Br)c1. The van der Waals surface area contributed by atoms with Crippen molar-refractivity contribution in [2.24, 2.45) is 0 Å². The van der Waals surface area contributed by atoms with E-state index in [-0.39, 0.29) is 24.2 Å². The molecule has 1 saturated heterocycles. The van der Waals surface area contributed by atoms with E-state index in [9.17, 15) is 14.0 Å². The normalized spacial score (nSPS) is 22.9. The molecule has 2 amide bonds. The molecule has 1 N–H and O–H groups in total. The Labute approximate surface area is 125 Å². The molecule has 6 heteroatoms. The van der Waals surface area contributed by atoms with E-state index < -0.39 is 12.1 Å². The van der Waals surface area contributed by atoms with Crippen molar-refractivity contribution in [3.8, 4) is 0 Å². The van der Waals surface area contributed by atoms with Crippen LogP contribution in [0.25, 0.3) is 0 Å². The van der Waals surface area contributed by atoms with Crippen LogP contribution in [0.4, 0.5) is 4.39 Å². The van der Waals surface area contributed by atoms with Crippen molar-refractivity contribution in [2.45, 2.75) is 38.9 Å². The van der Waals surface area contributed by atoms with Gasteiger partial charge in [0.15, 0.2) is 0 Å². The minimum atomic E-state index is -0.540. The highest BCUT2D eigenvalue weighted by molar-refractivity contribution is 9.10. The van der Waals surface area contributed by atoms with Gasteiger partial charge in [0.25, 0.3) is 0 Å². The van der Waals surface area contributed by atoms with Gasteiger partial charge in [-0.15, -0.1) is 0 Å². The highest BCUT2D eigenvalue weighted by Gasteiger charge is 2.37. The topological polar surface area (TPSA) is 49.4 Å². The van der Waals surface area contributed by atoms with Crippen molar-refractivity contribution in [2.75, 3.05) is 0 Å². The number of hydrogen-bond acceptors (Lipinski definition) is 2. The molecule has 0 saturated carbocycles. The molecule has 2 rings (SSSR count). The van der Waals surface area contributed by atoms with E-state index in [4.69, 9.17) is 0 Å². The van der Waals surface area contributed by atoms with Gasteiger partial charge in [-0.3, -0.25) is 9.59 Å². The summed E-state index contributed by atoms with van der Waals surface area (Å²) >= 11 is 3.23. The largest absolute Gasteiger partial charge is 0.343 e. The van der Waals surface area contributed by atoms with Crippen molar-refractivity contribution in [1.82, 2.24) is 10.2 Å². The maximum absolute atomic E-state index is 13.4. The minimum absolute atomic E-state index is 0.142. The van der Waals surface area contributed by atoms with Crippen LogP contribution < -0.4 is 5.32 Å². The minimum Gasteiger partial charge on any atom is -0.343 e. The number of hydrogen-bond donors (Lipinski definition) is 1. The number of piperazine rings is 1. The highest BCUT2D eigenvalue weighted by Crippen LogP contribution is 2.20. The summed E-state index contributed by atoms with van der Waals surface area (Å²) in [6.45, 7) is 3.73. The van der Waals surface area contributed by atoms with Crippen LogP contribution in [0.15, 0.2) is 22.7 Å². The number of halogens is 2. The van der Waals surface area contributed by atoms with Crippen LogP contribution >= 0.6 is 15.9 Å². The Kier molecular flexibility index (Phi) is 4.42. The van der Waals surface area contributed by atoms with Crippen molar-refractivity contribution >= 4 is 27.7 Å². The number of carbonyl (C=O) groups is 2. The molecule has 0 bridgehead atoms. The van der Waals surface area contributed by atoms with E-state index in [0.717, 1.165) is 0 Å². The first-order valence-electron chi connectivity index (χ1n) is 6.48. The van der Waals surface area contributed by atoms with Gasteiger partial charge in [0.2, 0.25) is 11.8 Å². The second-order valence-electron chi connectivity index (χ2n) is 4.90. The molecule has 20 heavy (non-hydrogen) atoms. The standard InChI is InChI=1S/C14H16BrFN2O2/c1-3-12-13(19)17-8(2)14(20)18(12)7-9-4-10(15)6-11(16)5-9/h4-6,8,12H,3,7H2,1-2H3,(H,17,19). The molecule has 1 aliphatic heterocycles. The molecule has 4 nitrogen and oxygen atoms in total. The van der Waals surface area contributed by atoms with Crippen molar-refractivity contribution in [3.05, 3.63) is 34.1 Å². The van der Waals surface area contributed by atoms with Gasteiger partial charge >= 0.3 is 0 Å². The summed E-state index contributed by atoms with van der Waals surface area (Å²) in [6.07, 6.45) is 0.529. The maximum Gasteiger partial charge on any atom is 0.245 e. The van der Waals surface area contributed by atoms with Gasteiger partial charge in [-0.05, 0) is 37.1 Å². The molecule has 2 atom stereocenters. The quantitative estimate of drug-likeness (QED) is 0.915. The molecule has 0 radical (unpaired) electrons. The number of nitrogens with zero attached hydrogens (tertiary/aromatic N) is 1. The van der Waals surface area contributed by atoms with Crippen LogP contribution in [0.2, 0.25) is 0 Å². The predicted octanol–water partition coefficient (Wildman–Crippen LogP) is 2.21. The van der Waals surface area contributed by atoms with Crippen LogP contribution in [0.5, 0.6) is 0 Å². The van der Waals surface area contributed by atoms with Gasteiger partial charge in [-0.25, -0.2) is 4.39 Å². The molecule has 0 spiro atoms. The first-order chi connectivity index (χ1) is 9.42. The third-order valence-electron chi connectivity index (χ3n) is 3.35. The van der Waals surface area contributed by atoms with Crippen LogP contribution in [0.3, 0.4) is 0 Å². The Morgan fingerprint density at radius 3 is 2.65 bits per heavy atom. The van der Waals surface area contributed by atoms with Gasteiger partial charge in [0.05, 0.1) is 0 Å². The predicted molar refractivity (Wildman–Crippen MR) is 76.3 cm³/mol. The van der Waals surface area contributed by atoms with Gasteiger partial charge in [-0.1, -0.05) is 22.9 Å². The van der Waals surface area contributed by atoms with Crippen LogP contribution in [0.1, 0.15) is 25.8 Å². The Morgan fingerprint density at radius 1 is 1.35 bits per heavy atom. The third-order valence-corrected chi connectivity index (χ3v) is 3.81. The zero-order valence-corrected chi connectivity index (χ0v) is 12.9. The first-order valence-corrected chi connectivity index (χ1v) is 7.27. The fourth-order valence-corrected chi connectivity index (χ4v) is 2.92. The number of benzene rings is 1. The van der Waals surface area contributed by atoms with Crippen LogP contribution in [0, 0.1) is 5.82 Å². The van der Waals surface area contributed by atoms with Crippen molar-refractivity contribution in [3.63, 3.8) is 0 Å². The molecule has 108 valence electrons. The van der Waals surface area contributed by atoms with E-state index in [1.54, 1.807) is 13.0 Å². The number of amides is 2. The van der Waals surface area contributed by atoms with Crippen molar-refractivity contribution < 1.29 is 14.0 Å². The third kappa shape index (κ3) is 3.00. The molecule has 0 aromatic heterocycles. The summed E-state index contributed by atoms with van der Waals surface area (Å²) < 4.78 is 14.0. The smallest absolute Gasteiger partial charge is 0.245 e. The monoisotopic (exact) mass is 342 g/mol. The molecule has 1 aromatic rings. The first kappa shape index (κ1) is 15.0. The molecule has 2 unspecified atom stereocenters. The van der Waals surface area contributed by atoms with Gasteiger partial charge in [-0.2, -0.15) is 0 Å². The second-order valence-corrected chi connectivity index (χ2v) is 5.81. The van der Waals surface area contributed by atoms with E-state index >= 15 is 0 Å². The molecule has 1 fully saturated rings. The van der Waals surface area contributed by atoms with E-state index in [1.165, 1.54) is 17.0 Å². The van der Waals surface area contributed by atoms with Crippen molar-refractivity contribution in [1.29, 1.82) is 0 Å². The molecule has 0 aliphatic carbocycles. The molecular formula is C14H16BrFN2O2. The lowest BCUT2D eigenvalue weighted by atomic mass is 10.0. The molecule has 1 aromatic carbocycles. The lowest BCUT2D eigenvalue weighted by Crippen LogP contribution is -2.61. The summed E-state index contributed by atoms with van der Waals surface area (Å²) in [6, 6.07) is 3.44. The summed E-state index contributed by atoms with van der Waals surface area (Å²) in [5, 5.41) is 2.66. The summed E-state index contributed by atoms with van der Waals surface area (Å²) in [4.78, 5) is 25.7. The maximum atomic E-state index is 13.4. The Hall–Kier alpha value is -1.43. The number of rotatable bonds is 3. The summed E-state index contributed by atoms with van der Waals surface area (Å²) in [7, 11) is 0. The van der Waals surface area contributed by atoms with E-state index in [1.807, 2.05) is 6.92 Å². The average Bonchev–Trinajstić information content (AvgIpc) is 2.34. The van der Waals surface area contributed by atoms with Crippen LogP contribution in [-0.2, 0) is 16.1 Å². The van der Waals surface area contributed by atoms with Crippen LogP contribution in [-0.4, -0.2) is 28.8 Å². The fourth-order valence-electron chi connectivity index (χ4n) is 2.41.